The smallest absolute Gasteiger partial charge is 0.167 e. The molecule has 3 aromatic heterocycles. The predicted octanol–water partition coefficient (Wildman–Crippen LogP) is 5.63. The maximum atomic E-state index is 12.6. The van der Waals surface area contributed by atoms with Crippen LogP contribution in [0.25, 0.3) is 10.6 Å². The summed E-state index contributed by atoms with van der Waals surface area (Å²) in [6, 6.07) is 3.91. The number of rotatable bonds is 5. The lowest BCUT2D eigenvalue weighted by molar-refractivity contribution is 0.0889. The largest absolute Gasteiger partial charge is 0.294 e. The fourth-order valence-electron chi connectivity index (χ4n) is 3.70. The van der Waals surface area contributed by atoms with Gasteiger partial charge < -0.3 is 0 Å². The lowest BCUT2D eigenvalue weighted by Crippen LogP contribution is -2.18. The Kier molecular flexibility index (Phi) is 5.45. The minimum Gasteiger partial charge on any atom is -0.294 e. The number of thiazole rings is 2. The van der Waals surface area contributed by atoms with Gasteiger partial charge in [0.25, 0.3) is 0 Å². The number of carbonyl (C=O) groups is 1. The summed E-state index contributed by atoms with van der Waals surface area (Å²) in [6.07, 6.45) is 8.10. The van der Waals surface area contributed by atoms with Crippen LogP contribution in [0.2, 0.25) is 0 Å². The average Bonchev–Trinajstić information content (AvgIpc) is 3.28. The Morgan fingerprint density at radius 3 is 2.63 bits per heavy atom. The molecule has 4 nitrogen and oxygen atoms in total. The fourth-order valence-corrected chi connectivity index (χ4v) is 5.45. The van der Waals surface area contributed by atoms with Crippen molar-refractivity contribution in [2.75, 3.05) is 0 Å². The van der Waals surface area contributed by atoms with Crippen molar-refractivity contribution in [3.05, 3.63) is 50.7 Å². The summed E-state index contributed by atoms with van der Waals surface area (Å²) < 4.78 is 0. The third-order valence-corrected chi connectivity index (χ3v) is 7.05. The normalized spacial score (nSPS) is 15.2. The minimum atomic E-state index is 0.194. The van der Waals surface area contributed by atoms with Crippen LogP contribution in [0.1, 0.15) is 63.9 Å². The lowest BCUT2D eigenvalue weighted by atomic mass is 9.84. The fraction of sp³-hybridized carbons (Fsp3) is 0.429. The Balaban J connectivity index is 1.44. The van der Waals surface area contributed by atoms with Crippen molar-refractivity contribution in [2.24, 2.45) is 5.92 Å². The van der Waals surface area contributed by atoms with E-state index in [1.165, 1.54) is 19.3 Å². The molecule has 0 saturated heterocycles. The first-order valence-electron chi connectivity index (χ1n) is 9.48. The summed E-state index contributed by atoms with van der Waals surface area (Å²) in [6.45, 7) is 4.05. The van der Waals surface area contributed by atoms with Crippen LogP contribution >= 0.6 is 22.7 Å². The molecule has 140 valence electrons. The first-order valence-corrected chi connectivity index (χ1v) is 11.2. The van der Waals surface area contributed by atoms with E-state index in [9.17, 15) is 4.79 Å². The highest BCUT2D eigenvalue weighted by Gasteiger charge is 2.22. The van der Waals surface area contributed by atoms with Crippen LogP contribution in [0.4, 0.5) is 0 Å². The van der Waals surface area contributed by atoms with Gasteiger partial charge in [-0.1, -0.05) is 19.3 Å². The molecule has 3 aromatic rings. The van der Waals surface area contributed by atoms with E-state index < -0.39 is 0 Å². The van der Waals surface area contributed by atoms with Gasteiger partial charge in [-0.15, -0.1) is 22.7 Å². The number of Topliss-reactive ketones (excluding diaryl/α,β-unsaturated/α-hetero) is 1. The van der Waals surface area contributed by atoms with Gasteiger partial charge in [-0.25, -0.2) is 9.97 Å². The van der Waals surface area contributed by atoms with Crippen LogP contribution in [0, 0.1) is 19.8 Å². The summed E-state index contributed by atoms with van der Waals surface area (Å²) >= 11 is 3.34. The zero-order valence-corrected chi connectivity index (χ0v) is 17.3. The van der Waals surface area contributed by atoms with Crippen LogP contribution in [0.5, 0.6) is 0 Å². The van der Waals surface area contributed by atoms with Gasteiger partial charge in [-0.3, -0.25) is 9.78 Å². The molecule has 0 radical (unpaired) electrons. The third kappa shape index (κ3) is 4.17. The second-order valence-electron chi connectivity index (χ2n) is 7.19. The van der Waals surface area contributed by atoms with E-state index in [2.05, 4.69) is 15.3 Å². The van der Waals surface area contributed by atoms with Crippen molar-refractivity contribution in [3.8, 4) is 10.6 Å². The lowest BCUT2D eigenvalue weighted by Gasteiger charge is -2.20. The topological polar surface area (TPSA) is 55.7 Å². The van der Waals surface area contributed by atoms with Gasteiger partial charge in [-0.05, 0) is 38.8 Å². The molecule has 0 atom stereocenters. The molecular formula is C21H23N3OS2. The number of pyridine rings is 1. The second-order valence-corrected chi connectivity index (χ2v) is 9.33. The monoisotopic (exact) mass is 397 g/mol. The first kappa shape index (κ1) is 18.4. The Morgan fingerprint density at radius 2 is 1.96 bits per heavy atom. The molecule has 1 aliphatic carbocycles. The van der Waals surface area contributed by atoms with Gasteiger partial charge in [0.1, 0.15) is 0 Å². The van der Waals surface area contributed by atoms with Gasteiger partial charge in [-0.2, -0.15) is 0 Å². The van der Waals surface area contributed by atoms with E-state index in [1.54, 1.807) is 28.9 Å². The van der Waals surface area contributed by atoms with Gasteiger partial charge >= 0.3 is 0 Å². The van der Waals surface area contributed by atoms with E-state index in [1.807, 2.05) is 26.0 Å². The van der Waals surface area contributed by atoms with Crippen molar-refractivity contribution in [1.82, 2.24) is 15.0 Å². The number of carbonyl (C=O) groups excluding carboxylic acids is 1. The van der Waals surface area contributed by atoms with E-state index in [4.69, 9.17) is 4.98 Å². The Morgan fingerprint density at radius 1 is 1.15 bits per heavy atom. The molecule has 1 aliphatic rings. The first-order chi connectivity index (χ1) is 13.1. The number of aryl methyl sites for hydroxylation is 2. The maximum absolute atomic E-state index is 12.6. The molecule has 3 heterocycles. The minimum absolute atomic E-state index is 0.194. The second kappa shape index (κ2) is 7.98. The Bertz CT molecular complexity index is 937. The number of ketones is 1. The average molecular weight is 398 g/mol. The van der Waals surface area contributed by atoms with Crippen molar-refractivity contribution in [1.29, 1.82) is 0 Å². The highest BCUT2D eigenvalue weighted by atomic mass is 32.1. The molecule has 0 unspecified atom stereocenters. The van der Waals surface area contributed by atoms with Gasteiger partial charge in [0.15, 0.2) is 5.78 Å². The molecule has 1 fully saturated rings. The summed E-state index contributed by atoms with van der Waals surface area (Å²) in [4.78, 5) is 27.5. The summed E-state index contributed by atoms with van der Waals surface area (Å²) in [5, 5.41) is 4.20. The highest BCUT2D eigenvalue weighted by molar-refractivity contribution is 7.15. The highest BCUT2D eigenvalue weighted by Crippen LogP contribution is 2.31. The zero-order valence-electron chi connectivity index (χ0n) is 15.7. The van der Waals surface area contributed by atoms with E-state index in [0.29, 0.717) is 6.42 Å². The summed E-state index contributed by atoms with van der Waals surface area (Å²) in [7, 11) is 0. The third-order valence-electron chi connectivity index (χ3n) is 5.11. The molecule has 0 aromatic carbocycles. The molecule has 0 N–H and O–H groups in total. The quantitative estimate of drug-likeness (QED) is 0.523. The predicted molar refractivity (Wildman–Crippen MR) is 111 cm³/mol. The number of nitrogens with zero attached hydrogens (tertiary/aromatic N) is 3. The van der Waals surface area contributed by atoms with Crippen LogP contribution in [0.3, 0.4) is 0 Å². The Hall–Kier alpha value is -1.92. The van der Waals surface area contributed by atoms with E-state index in [0.717, 1.165) is 50.4 Å². The van der Waals surface area contributed by atoms with Crippen molar-refractivity contribution in [3.63, 3.8) is 0 Å². The standard InChI is InChI=1S/C21H23N3OS2/c1-13-21(27-14(2)23-13)18-12-26-19(24-18)10-17-9-8-16(11-22-17)20(25)15-6-4-3-5-7-15/h8-9,11-12,15H,3-7,10H2,1-2H3. The number of aromatic nitrogens is 3. The number of hydrogen-bond acceptors (Lipinski definition) is 6. The number of hydrogen-bond donors (Lipinski definition) is 0. The molecule has 4 rings (SSSR count). The molecule has 6 heteroatoms. The molecule has 0 amide bonds. The molecule has 1 saturated carbocycles. The van der Waals surface area contributed by atoms with E-state index in [-0.39, 0.29) is 11.7 Å². The van der Waals surface area contributed by atoms with Gasteiger partial charge in [0.05, 0.1) is 26.3 Å². The summed E-state index contributed by atoms with van der Waals surface area (Å²) in [5.41, 5.74) is 3.75. The van der Waals surface area contributed by atoms with Gasteiger partial charge in [0.2, 0.25) is 0 Å². The summed E-state index contributed by atoms with van der Waals surface area (Å²) in [5.74, 6) is 0.459. The van der Waals surface area contributed by atoms with Crippen molar-refractivity contribution < 1.29 is 4.79 Å². The van der Waals surface area contributed by atoms with E-state index >= 15 is 0 Å². The SMILES string of the molecule is Cc1nc(C)c(-c2csc(Cc3ccc(C(=O)C4CCCCC4)cn3)n2)s1. The Labute approximate surface area is 167 Å². The van der Waals surface area contributed by atoms with Gasteiger partial charge in [0, 0.05) is 35.2 Å². The van der Waals surface area contributed by atoms with Crippen LogP contribution < -0.4 is 0 Å². The molecule has 27 heavy (non-hydrogen) atoms. The molecule has 0 bridgehead atoms. The van der Waals surface area contributed by atoms with Crippen LogP contribution in [-0.4, -0.2) is 20.7 Å². The molecule has 0 spiro atoms. The zero-order chi connectivity index (χ0) is 18.8. The van der Waals surface area contributed by atoms with Crippen LogP contribution in [-0.2, 0) is 6.42 Å². The van der Waals surface area contributed by atoms with Crippen molar-refractivity contribution >= 4 is 28.5 Å². The molecule has 0 aliphatic heterocycles. The maximum Gasteiger partial charge on any atom is 0.167 e. The van der Waals surface area contributed by atoms with Crippen molar-refractivity contribution in [2.45, 2.75) is 52.4 Å². The molecular weight excluding hydrogens is 374 g/mol. The van der Waals surface area contributed by atoms with Crippen LogP contribution in [0.15, 0.2) is 23.7 Å².